The normalized spacial score (nSPS) is 9.96. The molecular weight excluding hydrogens is 304 g/mol. The van der Waals surface area contributed by atoms with Crippen molar-refractivity contribution in [2.24, 2.45) is 0 Å². The van der Waals surface area contributed by atoms with E-state index in [2.05, 4.69) is 20.1 Å². The van der Waals surface area contributed by atoms with E-state index < -0.39 is 23.8 Å². The van der Waals surface area contributed by atoms with Crippen LogP contribution in [0.3, 0.4) is 0 Å². The molecule has 0 fully saturated rings. The van der Waals surface area contributed by atoms with Crippen LogP contribution in [0.15, 0.2) is 42.5 Å². The molecule has 1 aromatic carbocycles. The Morgan fingerprint density at radius 1 is 1.00 bits per heavy atom. The molecule has 0 atom stereocenters. The molecule has 0 aliphatic heterocycles. The van der Waals surface area contributed by atoms with Gasteiger partial charge < -0.3 is 20.1 Å². The second kappa shape index (κ2) is 9.72. The molecule has 0 aliphatic rings. The first-order valence-electron chi connectivity index (χ1n) is 6.55. The van der Waals surface area contributed by atoms with E-state index in [1.165, 1.54) is 7.11 Å². The fraction of sp³-hybridized carbons (Fsp3) is 0.200. The van der Waals surface area contributed by atoms with Crippen molar-refractivity contribution < 1.29 is 28.7 Å². The van der Waals surface area contributed by atoms with Crippen molar-refractivity contribution in [2.75, 3.05) is 20.4 Å². The van der Waals surface area contributed by atoms with Crippen molar-refractivity contribution in [3.8, 4) is 0 Å². The largest absolute Gasteiger partial charge is 0.466 e. The third-order valence-corrected chi connectivity index (χ3v) is 2.49. The second-order valence-corrected chi connectivity index (χ2v) is 4.11. The van der Waals surface area contributed by atoms with Crippen molar-refractivity contribution in [3.05, 3.63) is 48.0 Å². The third-order valence-electron chi connectivity index (χ3n) is 2.49. The Morgan fingerprint density at radius 2 is 1.65 bits per heavy atom. The summed E-state index contributed by atoms with van der Waals surface area (Å²) in [5, 5.41) is 4.69. The molecule has 1 rings (SSSR count). The predicted molar refractivity (Wildman–Crippen MR) is 79.0 cm³/mol. The highest BCUT2D eigenvalue weighted by molar-refractivity contribution is 5.96. The van der Waals surface area contributed by atoms with Gasteiger partial charge in [-0.25, -0.2) is 9.59 Å². The average molecular weight is 320 g/mol. The molecule has 1 aromatic rings. The lowest BCUT2D eigenvalue weighted by molar-refractivity contribution is -0.141. The minimum absolute atomic E-state index is 0.261. The summed E-state index contributed by atoms with van der Waals surface area (Å²) in [6, 6.07) is 8.41. The molecule has 23 heavy (non-hydrogen) atoms. The molecular formula is C15H16N2O6. The fourth-order valence-electron chi connectivity index (χ4n) is 1.35. The molecule has 0 bridgehead atoms. The summed E-state index contributed by atoms with van der Waals surface area (Å²) in [6.45, 7) is -0.645. The van der Waals surface area contributed by atoms with Crippen molar-refractivity contribution in [2.45, 2.75) is 0 Å². The Kier molecular flexibility index (Phi) is 7.56. The van der Waals surface area contributed by atoms with Gasteiger partial charge in [0.2, 0.25) is 5.91 Å². The van der Waals surface area contributed by atoms with Crippen molar-refractivity contribution >= 4 is 23.8 Å². The lowest BCUT2D eigenvalue weighted by Gasteiger charge is -2.07. The van der Waals surface area contributed by atoms with Crippen LogP contribution in [0.5, 0.6) is 0 Å². The number of benzene rings is 1. The highest BCUT2D eigenvalue weighted by Crippen LogP contribution is 1.97. The molecule has 2 amide bonds. The molecule has 2 N–H and O–H groups in total. The van der Waals surface area contributed by atoms with Gasteiger partial charge in [0, 0.05) is 17.7 Å². The lowest BCUT2D eigenvalue weighted by Crippen LogP contribution is -2.38. The third kappa shape index (κ3) is 7.42. The maximum Gasteiger partial charge on any atom is 0.332 e. The van der Waals surface area contributed by atoms with Gasteiger partial charge in [-0.05, 0) is 12.1 Å². The number of carbonyl (C=O) groups excluding carboxylic acids is 4. The van der Waals surface area contributed by atoms with Crippen LogP contribution in [-0.2, 0) is 23.9 Å². The zero-order chi connectivity index (χ0) is 17.1. The number of nitrogens with one attached hydrogen (secondary N) is 2. The number of carbonyl (C=O) groups is 4. The summed E-state index contributed by atoms with van der Waals surface area (Å²) in [5.74, 6) is -2.43. The van der Waals surface area contributed by atoms with Crippen LogP contribution in [0.25, 0.3) is 0 Å². The van der Waals surface area contributed by atoms with Crippen molar-refractivity contribution in [1.82, 2.24) is 10.6 Å². The number of hydrogen-bond acceptors (Lipinski definition) is 6. The predicted octanol–water partition coefficient (Wildman–Crippen LogP) is -0.237. The summed E-state index contributed by atoms with van der Waals surface area (Å²) in [6.07, 6.45) is 1.76. The van der Waals surface area contributed by atoms with Crippen LogP contribution >= 0.6 is 0 Å². The molecule has 0 aromatic heterocycles. The highest BCUT2D eigenvalue weighted by atomic mass is 16.5. The molecule has 0 aliphatic carbocycles. The Labute approximate surface area is 132 Å². The molecule has 0 saturated carbocycles. The maximum absolute atomic E-state index is 11.7. The molecule has 0 heterocycles. The minimum Gasteiger partial charge on any atom is -0.466 e. The molecule has 0 unspecified atom stereocenters. The average Bonchev–Trinajstić information content (AvgIpc) is 2.58. The molecule has 8 heteroatoms. The van der Waals surface area contributed by atoms with E-state index in [4.69, 9.17) is 0 Å². The molecule has 0 radical (unpaired) electrons. The zero-order valence-electron chi connectivity index (χ0n) is 12.4. The number of hydrogen-bond donors (Lipinski definition) is 2. The van der Waals surface area contributed by atoms with Crippen molar-refractivity contribution in [1.29, 1.82) is 0 Å². The van der Waals surface area contributed by atoms with Crippen LogP contribution in [0.1, 0.15) is 10.4 Å². The molecule has 8 nitrogen and oxygen atoms in total. The lowest BCUT2D eigenvalue weighted by atomic mass is 10.2. The summed E-state index contributed by atoms with van der Waals surface area (Å²) in [4.78, 5) is 45.0. The van der Waals surface area contributed by atoms with Gasteiger partial charge in [-0.3, -0.25) is 9.59 Å². The van der Waals surface area contributed by atoms with E-state index in [-0.39, 0.29) is 13.3 Å². The monoisotopic (exact) mass is 320 g/mol. The van der Waals surface area contributed by atoms with E-state index in [0.717, 1.165) is 12.2 Å². The number of rotatable bonds is 7. The standard InChI is InChI=1S/C15H16N2O6/c1-22-13(19)7-8-14(20)23-10-17-12(18)9-16-15(21)11-5-3-2-4-6-11/h2-8H,9-10H2,1H3,(H,16,21)(H,17,18)/b8-7+. The SMILES string of the molecule is COC(=O)/C=C/C(=O)OCNC(=O)CNC(=O)c1ccccc1. The number of amides is 2. The van der Waals surface area contributed by atoms with Crippen LogP contribution in [-0.4, -0.2) is 44.1 Å². The van der Waals surface area contributed by atoms with E-state index in [0.29, 0.717) is 5.56 Å². The Bertz CT molecular complexity index is 597. The van der Waals surface area contributed by atoms with E-state index in [1.54, 1.807) is 30.3 Å². The summed E-state index contributed by atoms with van der Waals surface area (Å²) in [7, 11) is 1.17. The quantitative estimate of drug-likeness (QED) is 0.408. The smallest absolute Gasteiger partial charge is 0.332 e. The van der Waals surface area contributed by atoms with Gasteiger partial charge in [-0.15, -0.1) is 0 Å². The van der Waals surface area contributed by atoms with Crippen LogP contribution in [0, 0.1) is 0 Å². The molecule has 0 saturated heterocycles. The summed E-state index contributed by atoms with van der Waals surface area (Å²) in [5.41, 5.74) is 0.430. The first-order valence-corrected chi connectivity index (χ1v) is 6.55. The van der Waals surface area contributed by atoms with Crippen LogP contribution < -0.4 is 10.6 Å². The first kappa shape index (κ1) is 17.9. The van der Waals surface area contributed by atoms with Gasteiger partial charge in [0.15, 0.2) is 6.73 Å². The topological polar surface area (TPSA) is 111 Å². The second-order valence-electron chi connectivity index (χ2n) is 4.11. The van der Waals surface area contributed by atoms with Crippen LogP contribution in [0.2, 0.25) is 0 Å². The summed E-state index contributed by atoms with van der Waals surface area (Å²) < 4.78 is 8.91. The van der Waals surface area contributed by atoms with Gasteiger partial charge in [0.05, 0.1) is 13.7 Å². The fourth-order valence-corrected chi connectivity index (χ4v) is 1.35. The number of methoxy groups -OCH3 is 1. The van der Waals surface area contributed by atoms with Gasteiger partial charge in [0.1, 0.15) is 0 Å². The maximum atomic E-state index is 11.7. The molecule has 0 spiro atoms. The Hall–Kier alpha value is -3.16. The van der Waals surface area contributed by atoms with E-state index >= 15 is 0 Å². The number of esters is 2. The van der Waals surface area contributed by atoms with Gasteiger partial charge >= 0.3 is 11.9 Å². The zero-order valence-corrected chi connectivity index (χ0v) is 12.4. The minimum atomic E-state index is -0.816. The first-order chi connectivity index (χ1) is 11.0. The van der Waals surface area contributed by atoms with Crippen LogP contribution in [0.4, 0.5) is 0 Å². The summed E-state index contributed by atoms with van der Waals surface area (Å²) >= 11 is 0. The van der Waals surface area contributed by atoms with Gasteiger partial charge in [-0.2, -0.15) is 0 Å². The molecule has 122 valence electrons. The Balaban J connectivity index is 2.22. The van der Waals surface area contributed by atoms with Gasteiger partial charge in [-0.1, -0.05) is 18.2 Å². The van der Waals surface area contributed by atoms with Crippen molar-refractivity contribution in [3.63, 3.8) is 0 Å². The Morgan fingerprint density at radius 3 is 2.30 bits per heavy atom. The van der Waals surface area contributed by atoms with E-state index in [1.807, 2.05) is 0 Å². The number of ether oxygens (including phenoxy) is 2. The van der Waals surface area contributed by atoms with E-state index in [9.17, 15) is 19.2 Å². The highest BCUT2D eigenvalue weighted by Gasteiger charge is 2.07. The van der Waals surface area contributed by atoms with Gasteiger partial charge in [0.25, 0.3) is 5.91 Å².